The first-order valence-corrected chi connectivity index (χ1v) is 7.57. The van der Waals surface area contributed by atoms with Crippen molar-refractivity contribution in [2.24, 2.45) is 16.5 Å². The van der Waals surface area contributed by atoms with Crippen molar-refractivity contribution in [3.8, 4) is 0 Å². The predicted molar refractivity (Wildman–Crippen MR) is 76.9 cm³/mol. The van der Waals surface area contributed by atoms with Crippen molar-refractivity contribution < 1.29 is 8.42 Å². The fourth-order valence-corrected chi connectivity index (χ4v) is 3.13. The largest absolute Gasteiger partial charge is 0.370 e. The third-order valence-corrected chi connectivity index (χ3v) is 3.83. The summed E-state index contributed by atoms with van der Waals surface area (Å²) in [6, 6.07) is 7.06. The summed E-state index contributed by atoms with van der Waals surface area (Å²) >= 11 is 0. The van der Waals surface area contributed by atoms with Crippen molar-refractivity contribution in [1.82, 2.24) is 4.72 Å². The van der Waals surface area contributed by atoms with Crippen LogP contribution in [0.1, 0.15) is 25.0 Å². The number of rotatable bonds is 6. The summed E-state index contributed by atoms with van der Waals surface area (Å²) in [6.45, 7) is 3.83. The summed E-state index contributed by atoms with van der Waals surface area (Å²) < 4.78 is 26.4. The van der Waals surface area contributed by atoms with Crippen molar-refractivity contribution >= 4 is 16.0 Å². The van der Waals surface area contributed by atoms with Crippen molar-refractivity contribution in [2.75, 3.05) is 0 Å². The zero-order valence-electron chi connectivity index (χ0n) is 11.1. The lowest BCUT2D eigenvalue weighted by Crippen LogP contribution is -2.31. The molecule has 1 aromatic rings. The third-order valence-electron chi connectivity index (χ3n) is 2.31. The van der Waals surface area contributed by atoms with Gasteiger partial charge < -0.3 is 11.5 Å². The molecular weight excluding hydrogens is 264 g/mol. The molecule has 0 aliphatic rings. The molecule has 0 amide bonds. The Morgan fingerprint density at radius 3 is 2.37 bits per heavy atom. The van der Waals surface area contributed by atoms with Gasteiger partial charge in [-0.15, -0.1) is 0 Å². The Morgan fingerprint density at radius 1 is 1.26 bits per heavy atom. The van der Waals surface area contributed by atoms with Gasteiger partial charge in [-0.25, -0.2) is 18.1 Å². The van der Waals surface area contributed by atoms with E-state index in [4.69, 9.17) is 11.5 Å². The van der Waals surface area contributed by atoms with Crippen molar-refractivity contribution in [1.29, 1.82) is 0 Å². The number of nitrogens with zero attached hydrogens (tertiary/aromatic N) is 1. The van der Waals surface area contributed by atoms with E-state index < -0.39 is 10.0 Å². The number of hydrogen-bond acceptors (Lipinski definition) is 3. The van der Waals surface area contributed by atoms with Crippen LogP contribution in [-0.2, 0) is 22.3 Å². The topological polar surface area (TPSA) is 111 Å². The molecule has 0 fully saturated rings. The van der Waals surface area contributed by atoms with Gasteiger partial charge in [0, 0.05) is 6.04 Å². The minimum atomic E-state index is -3.36. The Bertz CT molecular complexity index is 549. The van der Waals surface area contributed by atoms with Crippen LogP contribution in [0.25, 0.3) is 0 Å². The standard InChI is InChI=1S/C12H20N4O2S/c1-9(2)16-19(17,18)8-11-6-4-3-5-10(11)7-15-12(13)14/h3-6,9,16H,7-8H2,1-2H3,(H4,13,14,15). The Morgan fingerprint density at radius 2 is 1.84 bits per heavy atom. The summed E-state index contributed by atoms with van der Waals surface area (Å²) in [7, 11) is -3.36. The van der Waals surface area contributed by atoms with Gasteiger partial charge in [-0.3, -0.25) is 0 Å². The van der Waals surface area contributed by atoms with Crippen LogP contribution in [0.15, 0.2) is 29.3 Å². The van der Waals surface area contributed by atoms with Crippen LogP contribution in [0.5, 0.6) is 0 Å². The molecule has 1 aromatic carbocycles. The first-order chi connectivity index (χ1) is 8.80. The molecule has 6 nitrogen and oxygen atoms in total. The van der Waals surface area contributed by atoms with E-state index in [1.165, 1.54) is 0 Å². The SMILES string of the molecule is CC(C)NS(=O)(=O)Cc1ccccc1CN=C(N)N. The van der Waals surface area contributed by atoms with Gasteiger partial charge in [0.15, 0.2) is 5.96 Å². The molecule has 0 aliphatic heterocycles. The van der Waals surface area contributed by atoms with Crippen LogP contribution in [0.3, 0.4) is 0 Å². The van der Waals surface area contributed by atoms with Crippen LogP contribution in [0.2, 0.25) is 0 Å². The minimum Gasteiger partial charge on any atom is -0.370 e. The Labute approximate surface area is 114 Å². The van der Waals surface area contributed by atoms with E-state index in [1.54, 1.807) is 26.0 Å². The van der Waals surface area contributed by atoms with Crippen LogP contribution in [-0.4, -0.2) is 20.4 Å². The van der Waals surface area contributed by atoms with Gasteiger partial charge >= 0.3 is 0 Å². The maximum absolute atomic E-state index is 11.9. The lowest BCUT2D eigenvalue weighted by atomic mass is 10.1. The number of nitrogens with one attached hydrogen (secondary N) is 1. The second-order valence-electron chi connectivity index (χ2n) is 4.54. The molecule has 0 aromatic heterocycles. The molecule has 19 heavy (non-hydrogen) atoms. The van der Waals surface area contributed by atoms with Gasteiger partial charge in [0.25, 0.3) is 0 Å². The van der Waals surface area contributed by atoms with E-state index in [2.05, 4.69) is 9.71 Å². The highest BCUT2D eigenvalue weighted by Crippen LogP contribution is 2.13. The van der Waals surface area contributed by atoms with E-state index >= 15 is 0 Å². The number of guanidine groups is 1. The van der Waals surface area contributed by atoms with Crippen molar-refractivity contribution in [2.45, 2.75) is 32.2 Å². The molecule has 0 aliphatic carbocycles. The van der Waals surface area contributed by atoms with Gasteiger partial charge in [-0.2, -0.15) is 0 Å². The maximum Gasteiger partial charge on any atom is 0.216 e. The highest BCUT2D eigenvalue weighted by Gasteiger charge is 2.14. The number of nitrogens with two attached hydrogens (primary N) is 2. The second kappa shape index (κ2) is 6.53. The van der Waals surface area contributed by atoms with Crippen LogP contribution in [0, 0.1) is 0 Å². The lowest BCUT2D eigenvalue weighted by Gasteiger charge is -2.11. The number of benzene rings is 1. The first kappa shape index (κ1) is 15.5. The molecule has 0 bridgehead atoms. The zero-order chi connectivity index (χ0) is 14.5. The van der Waals surface area contributed by atoms with E-state index in [9.17, 15) is 8.42 Å². The molecule has 0 radical (unpaired) electrons. The Kier molecular flexibility index (Phi) is 5.31. The van der Waals surface area contributed by atoms with E-state index in [0.29, 0.717) is 5.56 Å². The average Bonchev–Trinajstić information content (AvgIpc) is 2.25. The number of sulfonamides is 1. The van der Waals surface area contributed by atoms with E-state index in [0.717, 1.165) is 5.56 Å². The fraction of sp³-hybridized carbons (Fsp3) is 0.417. The highest BCUT2D eigenvalue weighted by atomic mass is 32.2. The van der Waals surface area contributed by atoms with Crippen molar-refractivity contribution in [3.05, 3.63) is 35.4 Å². The van der Waals surface area contributed by atoms with Crippen molar-refractivity contribution in [3.63, 3.8) is 0 Å². The van der Waals surface area contributed by atoms with Gasteiger partial charge in [0.1, 0.15) is 0 Å². The average molecular weight is 284 g/mol. The number of hydrogen-bond donors (Lipinski definition) is 3. The Hall–Kier alpha value is -1.60. The maximum atomic E-state index is 11.9. The molecular formula is C12H20N4O2S. The third kappa shape index (κ3) is 5.71. The van der Waals surface area contributed by atoms with Gasteiger partial charge in [0.05, 0.1) is 12.3 Å². The van der Waals surface area contributed by atoms with Gasteiger partial charge in [-0.05, 0) is 25.0 Å². The predicted octanol–water partition coefficient (Wildman–Crippen LogP) is 0.288. The summed E-state index contributed by atoms with van der Waals surface area (Å²) in [5.74, 6) is -0.0978. The molecule has 106 valence electrons. The molecule has 1 rings (SSSR count). The molecule has 0 heterocycles. The van der Waals surface area contributed by atoms with Gasteiger partial charge in [-0.1, -0.05) is 24.3 Å². The molecule has 0 unspecified atom stereocenters. The quantitative estimate of drug-likeness (QED) is 0.515. The normalized spacial score (nSPS) is 11.5. The minimum absolute atomic E-state index is 0.0158. The fourth-order valence-electron chi connectivity index (χ4n) is 1.63. The monoisotopic (exact) mass is 284 g/mol. The smallest absolute Gasteiger partial charge is 0.216 e. The lowest BCUT2D eigenvalue weighted by molar-refractivity contribution is 0.569. The highest BCUT2D eigenvalue weighted by molar-refractivity contribution is 7.88. The van der Waals surface area contributed by atoms with Crippen LogP contribution in [0.4, 0.5) is 0 Å². The molecule has 7 heteroatoms. The Balaban J connectivity index is 2.92. The van der Waals surface area contributed by atoms with Crippen LogP contribution >= 0.6 is 0 Å². The molecule has 5 N–H and O–H groups in total. The molecule has 0 saturated carbocycles. The summed E-state index contributed by atoms with van der Waals surface area (Å²) in [6.07, 6.45) is 0. The molecule has 0 atom stereocenters. The summed E-state index contributed by atoms with van der Waals surface area (Å²) in [5, 5.41) is 0. The summed E-state index contributed by atoms with van der Waals surface area (Å²) in [4.78, 5) is 3.90. The van der Waals surface area contributed by atoms with E-state index in [1.807, 2.05) is 12.1 Å². The molecule has 0 saturated heterocycles. The second-order valence-corrected chi connectivity index (χ2v) is 6.30. The van der Waals surface area contributed by atoms with Crippen LogP contribution < -0.4 is 16.2 Å². The molecule has 0 spiro atoms. The van der Waals surface area contributed by atoms with Gasteiger partial charge in [0.2, 0.25) is 10.0 Å². The zero-order valence-corrected chi connectivity index (χ0v) is 11.9. The van der Waals surface area contributed by atoms with E-state index in [-0.39, 0.29) is 24.3 Å². The first-order valence-electron chi connectivity index (χ1n) is 5.92. The number of aliphatic imine (C=N–C) groups is 1. The summed E-state index contributed by atoms with van der Waals surface area (Å²) in [5.41, 5.74) is 12.1.